The lowest BCUT2D eigenvalue weighted by Crippen LogP contribution is -2.00. The van der Waals surface area contributed by atoms with Crippen LogP contribution in [-0.4, -0.2) is 0 Å². The third-order valence-electron chi connectivity index (χ3n) is 1.55. The Balaban J connectivity index is 4.64. The fourth-order valence-electron chi connectivity index (χ4n) is 1.12. The maximum absolute atomic E-state index is 8.30. The van der Waals surface area contributed by atoms with Crippen LogP contribution >= 0.6 is 0 Å². The topological polar surface area (TPSA) is 23.8 Å². The second kappa shape index (κ2) is 4.77. The van der Waals surface area contributed by atoms with Gasteiger partial charge in [0.1, 0.15) is 0 Å². The van der Waals surface area contributed by atoms with Crippen molar-refractivity contribution >= 4 is 0 Å². The molecular formula is C10H15N. The highest BCUT2D eigenvalue weighted by Crippen LogP contribution is 2.17. The summed E-state index contributed by atoms with van der Waals surface area (Å²) in [4.78, 5) is 0. The Morgan fingerprint density at radius 3 is 1.91 bits per heavy atom. The molecule has 0 aliphatic carbocycles. The van der Waals surface area contributed by atoms with Gasteiger partial charge in [0.2, 0.25) is 0 Å². The standard InChI is InChI=1S/C10H15N/c1-8(2)10(9(3)4)6-5-7-11/h5,8-9H,1-4H3. The van der Waals surface area contributed by atoms with Crippen molar-refractivity contribution in [1.82, 2.24) is 0 Å². The second-order valence-corrected chi connectivity index (χ2v) is 3.18. The lowest BCUT2D eigenvalue weighted by atomic mass is 9.93. The molecule has 11 heavy (non-hydrogen) atoms. The van der Waals surface area contributed by atoms with Gasteiger partial charge in [0, 0.05) is 0 Å². The number of nitriles is 1. The van der Waals surface area contributed by atoms with E-state index >= 15 is 0 Å². The minimum Gasteiger partial charge on any atom is -0.192 e. The van der Waals surface area contributed by atoms with Gasteiger partial charge in [-0.05, 0) is 17.4 Å². The minimum atomic E-state index is 0.486. The molecule has 0 spiro atoms. The molecule has 0 atom stereocenters. The summed E-state index contributed by atoms with van der Waals surface area (Å²) in [7, 11) is 0. The van der Waals surface area contributed by atoms with Crippen molar-refractivity contribution < 1.29 is 0 Å². The Hall–Kier alpha value is -0.990. The predicted octanol–water partition coefficient (Wildman–Crippen LogP) is 2.90. The number of allylic oxidation sites excluding steroid dienone is 1. The lowest BCUT2D eigenvalue weighted by molar-refractivity contribution is 0.628. The molecular weight excluding hydrogens is 134 g/mol. The first-order valence-corrected chi connectivity index (χ1v) is 3.94. The number of hydrogen-bond donors (Lipinski definition) is 0. The van der Waals surface area contributed by atoms with E-state index in [0.29, 0.717) is 11.8 Å². The molecule has 0 rings (SSSR count). The zero-order valence-electron chi connectivity index (χ0n) is 7.68. The van der Waals surface area contributed by atoms with Gasteiger partial charge in [0.05, 0.1) is 12.1 Å². The minimum absolute atomic E-state index is 0.486. The monoisotopic (exact) mass is 149 g/mol. The van der Waals surface area contributed by atoms with E-state index in [2.05, 4.69) is 33.4 Å². The molecule has 0 aromatic rings. The van der Waals surface area contributed by atoms with Crippen LogP contribution in [0, 0.1) is 23.2 Å². The van der Waals surface area contributed by atoms with Crippen LogP contribution in [0.25, 0.3) is 0 Å². The zero-order valence-corrected chi connectivity index (χ0v) is 7.68. The third-order valence-corrected chi connectivity index (χ3v) is 1.55. The second-order valence-electron chi connectivity index (χ2n) is 3.18. The summed E-state index contributed by atoms with van der Waals surface area (Å²) < 4.78 is 0. The van der Waals surface area contributed by atoms with Crippen molar-refractivity contribution in [1.29, 1.82) is 5.26 Å². The molecule has 1 nitrogen and oxygen atoms in total. The van der Waals surface area contributed by atoms with Crippen molar-refractivity contribution in [3.05, 3.63) is 17.4 Å². The fraction of sp³-hybridized carbons (Fsp3) is 0.600. The Morgan fingerprint density at radius 2 is 1.64 bits per heavy atom. The van der Waals surface area contributed by atoms with E-state index in [-0.39, 0.29) is 0 Å². The van der Waals surface area contributed by atoms with Crippen molar-refractivity contribution in [2.24, 2.45) is 11.8 Å². The fourth-order valence-corrected chi connectivity index (χ4v) is 1.12. The average molecular weight is 149 g/mol. The molecule has 0 heterocycles. The molecule has 0 bridgehead atoms. The summed E-state index contributed by atoms with van der Waals surface area (Å²) in [6.45, 7) is 8.47. The van der Waals surface area contributed by atoms with Gasteiger partial charge >= 0.3 is 0 Å². The quantitative estimate of drug-likeness (QED) is 0.437. The largest absolute Gasteiger partial charge is 0.192 e. The maximum atomic E-state index is 8.30. The first-order valence-electron chi connectivity index (χ1n) is 3.94. The van der Waals surface area contributed by atoms with Crippen LogP contribution in [-0.2, 0) is 0 Å². The SMILES string of the molecule is CC(C)C(=C=CC#N)C(C)C. The number of hydrogen-bond acceptors (Lipinski definition) is 1. The smallest absolute Gasteiger partial charge is 0.0996 e. The van der Waals surface area contributed by atoms with E-state index in [4.69, 9.17) is 5.26 Å². The van der Waals surface area contributed by atoms with E-state index in [9.17, 15) is 0 Å². The van der Waals surface area contributed by atoms with Crippen LogP contribution in [0.15, 0.2) is 17.4 Å². The molecule has 0 aromatic carbocycles. The van der Waals surface area contributed by atoms with E-state index in [0.717, 1.165) is 0 Å². The number of rotatable bonds is 2. The van der Waals surface area contributed by atoms with Crippen LogP contribution in [0.4, 0.5) is 0 Å². The summed E-state index contributed by atoms with van der Waals surface area (Å²) in [5.74, 6) is 0.971. The molecule has 0 radical (unpaired) electrons. The molecule has 0 amide bonds. The predicted molar refractivity (Wildman–Crippen MR) is 46.9 cm³/mol. The van der Waals surface area contributed by atoms with Gasteiger partial charge in [0.15, 0.2) is 0 Å². The van der Waals surface area contributed by atoms with E-state index in [1.165, 1.54) is 11.6 Å². The molecule has 0 unspecified atom stereocenters. The first kappa shape index (κ1) is 10.0. The molecule has 0 aromatic heterocycles. The third kappa shape index (κ3) is 3.65. The van der Waals surface area contributed by atoms with E-state index < -0.39 is 0 Å². The molecule has 0 fully saturated rings. The van der Waals surface area contributed by atoms with Crippen molar-refractivity contribution in [2.75, 3.05) is 0 Å². The highest BCUT2D eigenvalue weighted by atomic mass is 14.2. The Labute approximate surface area is 69.0 Å². The van der Waals surface area contributed by atoms with Crippen molar-refractivity contribution in [3.8, 4) is 6.07 Å². The summed E-state index contributed by atoms with van der Waals surface area (Å²) >= 11 is 0. The summed E-state index contributed by atoms with van der Waals surface area (Å²) in [5.41, 5.74) is 4.21. The van der Waals surface area contributed by atoms with Crippen LogP contribution in [0.2, 0.25) is 0 Å². The van der Waals surface area contributed by atoms with Crippen LogP contribution in [0.5, 0.6) is 0 Å². The van der Waals surface area contributed by atoms with Crippen molar-refractivity contribution in [3.63, 3.8) is 0 Å². The van der Waals surface area contributed by atoms with Gasteiger partial charge in [0.25, 0.3) is 0 Å². The number of nitrogens with zero attached hydrogens (tertiary/aromatic N) is 1. The highest BCUT2D eigenvalue weighted by molar-refractivity contribution is 5.12. The molecule has 60 valence electrons. The summed E-state index contributed by atoms with van der Waals surface area (Å²) in [6, 6.07) is 1.95. The van der Waals surface area contributed by atoms with Gasteiger partial charge in [-0.1, -0.05) is 27.7 Å². The Bertz CT molecular complexity index is 200. The molecule has 0 saturated carbocycles. The Morgan fingerprint density at radius 1 is 1.18 bits per heavy atom. The van der Waals surface area contributed by atoms with Crippen LogP contribution in [0.3, 0.4) is 0 Å². The average Bonchev–Trinajstić information content (AvgIpc) is 1.87. The van der Waals surface area contributed by atoms with E-state index in [1.54, 1.807) is 0 Å². The zero-order chi connectivity index (χ0) is 8.85. The molecule has 1 heteroatoms. The van der Waals surface area contributed by atoms with Gasteiger partial charge in [-0.3, -0.25) is 0 Å². The van der Waals surface area contributed by atoms with Gasteiger partial charge < -0.3 is 0 Å². The van der Waals surface area contributed by atoms with Gasteiger partial charge in [-0.15, -0.1) is 5.73 Å². The summed E-state index contributed by atoms with van der Waals surface area (Å²) in [6.07, 6.45) is 1.43. The maximum Gasteiger partial charge on any atom is 0.0996 e. The highest BCUT2D eigenvalue weighted by Gasteiger charge is 2.05. The van der Waals surface area contributed by atoms with Gasteiger partial charge in [-0.2, -0.15) is 5.26 Å². The molecule has 0 aliphatic heterocycles. The first-order chi connectivity index (χ1) is 5.09. The Kier molecular flexibility index (Phi) is 4.34. The molecule has 0 N–H and O–H groups in total. The molecule has 0 aliphatic rings. The van der Waals surface area contributed by atoms with Gasteiger partial charge in [-0.25, -0.2) is 0 Å². The van der Waals surface area contributed by atoms with Crippen LogP contribution < -0.4 is 0 Å². The molecule has 0 saturated heterocycles. The normalized spacial score (nSPS) is 9.18. The lowest BCUT2D eigenvalue weighted by Gasteiger charge is -2.11. The van der Waals surface area contributed by atoms with Crippen LogP contribution in [0.1, 0.15) is 27.7 Å². The summed E-state index contributed by atoms with van der Waals surface area (Å²) in [5, 5.41) is 8.30. The van der Waals surface area contributed by atoms with E-state index in [1.807, 2.05) is 6.07 Å². The van der Waals surface area contributed by atoms with Crippen molar-refractivity contribution in [2.45, 2.75) is 27.7 Å².